The molecule has 1 N–H and O–H groups in total. The van der Waals surface area contributed by atoms with E-state index in [1.165, 1.54) is 11.0 Å². The summed E-state index contributed by atoms with van der Waals surface area (Å²) in [6, 6.07) is 4.59. The number of aryl methyl sites for hydroxylation is 1. The van der Waals surface area contributed by atoms with E-state index >= 15 is 0 Å². The van der Waals surface area contributed by atoms with Gasteiger partial charge in [-0.2, -0.15) is 10.4 Å². The van der Waals surface area contributed by atoms with Crippen molar-refractivity contribution in [1.29, 1.82) is 5.26 Å². The molecule has 0 spiro atoms. The van der Waals surface area contributed by atoms with Crippen LogP contribution < -0.4 is 4.72 Å². The first-order valence-corrected chi connectivity index (χ1v) is 6.94. The monoisotopic (exact) mass is 295 g/mol. The highest BCUT2D eigenvalue weighted by Gasteiger charge is 2.16. The van der Waals surface area contributed by atoms with E-state index in [-0.39, 0.29) is 17.0 Å². The average Bonchev–Trinajstić information content (AvgIpc) is 2.83. The van der Waals surface area contributed by atoms with Crippen LogP contribution in [0.25, 0.3) is 0 Å². The highest BCUT2D eigenvalue weighted by atomic mass is 32.2. The van der Waals surface area contributed by atoms with Crippen molar-refractivity contribution in [2.45, 2.75) is 11.4 Å². The molecule has 9 heteroatoms. The summed E-state index contributed by atoms with van der Waals surface area (Å²) < 4.78 is 40.8. The molecule has 0 bridgehead atoms. The minimum absolute atomic E-state index is 0.0948. The summed E-state index contributed by atoms with van der Waals surface area (Å²) in [6.45, 7) is -0.0948. The molecule has 0 fully saturated rings. The predicted molar refractivity (Wildman–Crippen MR) is 66.1 cm³/mol. The molecular formula is C11H10FN5O2S. The summed E-state index contributed by atoms with van der Waals surface area (Å²) in [5.74, 6) is -0.462. The fourth-order valence-electron chi connectivity index (χ4n) is 1.47. The quantitative estimate of drug-likeness (QED) is 0.874. The van der Waals surface area contributed by atoms with E-state index in [1.807, 2.05) is 0 Å². The van der Waals surface area contributed by atoms with Crippen LogP contribution in [-0.4, -0.2) is 23.2 Å². The zero-order valence-electron chi connectivity index (χ0n) is 10.4. The van der Waals surface area contributed by atoms with Gasteiger partial charge in [-0.1, -0.05) is 0 Å². The van der Waals surface area contributed by atoms with Gasteiger partial charge in [0.2, 0.25) is 10.0 Å². The SMILES string of the molecule is Cn1cnc(CNS(=O)(=O)c2ccc(F)c(C#N)c2)n1. The second kappa shape index (κ2) is 5.36. The first kappa shape index (κ1) is 14.1. The number of aromatic nitrogens is 3. The van der Waals surface area contributed by atoms with Crippen molar-refractivity contribution in [2.24, 2.45) is 7.05 Å². The van der Waals surface area contributed by atoms with Crippen molar-refractivity contribution >= 4 is 10.0 Å². The van der Waals surface area contributed by atoms with Crippen molar-refractivity contribution < 1.29 is 12.8 Å². The van der Waals surface area contributed by atoms with E-state index in [0.29, 0.717) is 5.82 Å². The van der Waals surface area contributed by atoms with Gasteiger partial charge in [-0.3, -0.25) is 4.68 Å². The number of halogens is 1. The van der Waals surface area contributed by atoms with Crippen molar-refractivity contribution in [3.8, 4) is 6.07 Å². The number of hydrogen-bond donors (Lipinski definition) is 1. The molecule has 0 aliphatic carbocycles. The molecule has 2 aromatic rings. The lowest BCUT2D eigenvalue weighted by molar-refractivity contribution is 0.577. The fourth-order valence-corrected chi connectivity index (χ4v) is 2.47. The number of nitrogens with one attached hydrogen (secondary N) is 1. The van der Waals surface area contributed by atoms with E-state index in [9.17, 15) is 12.8 Å². The summed E-state index contributed by atoms with van der Waals surface area (Å²) in [5, 5.41) is 12.6. The van der Waals surface area contributed by atoms with E-state index in [0.717, 1.165) is 18.2 Å². The van der Waals surface area contributed by atoms with Crippen LogP contribution in [0.15, 0.2) is 29.4 Å². The number of nitriles is 1. The Morgan fingerprint density at radius 2 is 2.25 bits per heavy atom. The van der Waals surface area contributed by atoms with Crippen molar-refractivity contribution in [1.82, 2.24) is 19.5 Å². The van der Waals surface area contributed by atoms with Gasteiger partial charge in [0, 0.05) is 7.05 Å². The molecule has 0 amide bonds. The Hall–Kier alpha value is -2.31. The third-order valence-corrected chi connectivity index (χ3v) is 3.83. The smallest absolute Gasteiger partial charge is 0.241 e. The van der Waals surface area contributed by atoms with Crippen molar-refractivity contribution in [3.05, 3.63) is 41.7 Å². The summed E-state index contributed by atoms with van der Waals surface area (Å²) >= 11 is 0. The lowest BCUT2D eigenvalue weighted by Crippen LogP contribution is -2.24. The zero-order valence-corrected chi connectivity index (χ0v) is 11.2. The fraction of sp³-hybridized carbons (Fsp3) is 0.182. The second-order valence-corrected chi connectivity index (χ2v) is 5.68. The van der Waals surface area contributed by atoms with Crippen LogP contribution in [0, 0.1) is 17.1 Å². The summed E-state index contributed by atoms with van der Waals surface area (Å²) in [6.07, 6.45) is 1.44. The molecule has 1 aromatic heterocycles. The van der Waals surface area contributed by atoms with Crippen LogP contribution in [0.4, 0.5) is 4.39 Å². The van der Waals surface area contributed by atoms with Crippen molar-refractivity contribution in [2.75, 3.05) is 0 Å². The lowest BCUT2D eigenvalue weighted by Gasteiger charge is -2.05. The van der Waals surface area contributed by atoms with E-state index in [4.69, 9.17) is 5.26 Å². The van der Waals surface area contributed by atoms with Gasteiger partial charge in [0.1, 0.15) is 18.2 Å². The van der Waals surface area contributed by atoms with Gasteiger partial charge in [-0.05, 0) is 18.2 Å². The van der Waals surface area contributed by atoms with Gasteiger partial charge < -0.3 is 0 Å². The van der Waals surface area contributed by atoms with Crippen LogP contribution >= 0.6 is 0 Å². The van der Waals surface area contributed by atoms with E-state index < -0.39 is 15.8 Å². The van der Waals surface area contributed by atoms with Crippen LogP contribution in [0.1, 0.15) is 11.4 Å². The first-order valence-electron chi connectivity index (χ1n) is 5.46. The van der Waals surface area contributed by atoms with Gasteiger partial charge in [-0.15, -0.1) is 0 Å². The van der Waals surface area contributed by atoms with Crippen LogP contribution in [-0.2, 0) is 23.6 Å². The van der Waals surface area contributed by atoms with Gasteiger partial charge >= 0.3 is 0 Å². The Morgan fingerprint density at radius 3 is 2.85 bits per heavy atom. The molecule has 2 rings (SSSR count). The number of nitrogens with zero attached hydrogens (tertiary/aromatic N) is 4. The summed E-state index contributed by atoms with van der Waals surface area (Å²) in [5.41, 5.74) is -0.330. The largest absolute Gasteiger partial charge is 0.256 e. The molecule has 0 unspecified atom stereocenters. The van der Waals surface area contributed by atoms with Gasteiger partial charge in [0.05, 0.1) is 17.0 Å². The highest BCUT2D eigenvalue weighted by molar-refractivity contribution is 7.89. The van der Waals surface area contributed by atoms with Gasteiger partial charge in [-0.25, -0.2) is 22.5 Å². The Morgan fingerprint density at radius 1 is 1.50 bits per heavy atom. The highest BCUT2D eigenvalue weighted by Crippen LogP contribution is 2.14. The number of rotatable bonds is 4. The maximum absolute atomic E-state index is 13.2. The third-order valence-electron chi connectivity index (χ3n) is 2.44. The van der Waals surface area contributed by atoms with E-state index in [2.05, 4.69) is 14.8 Å². The van der Waals surface area contributed by atoms with Crippen LogP contribution in [0.3, 0.4) is 0 Å². The molecule has 0 saturated carbocycles. The number of hydrogen-bond acceptors (Lipinski definition) is 5. The first-order chi connectivity index (χ1) is 9.42. The molecule has 0 atom stereocenters. The van der Waals surface area contributed by atoms with Crippen LogP contribution in [0.5, 0.6) is 0 Å². The molecule has 1 aromatic carbocycles. The topological polar surface area (TPSA) is 101 Å². The molecular weight excluding hydrogens is 285 g/mol. The van der Waals surface area contributed by atoms with Gasteiger partial charge in [0.25, 0.3) is 0 Å². The minimum Gasteiger partial charge on any atom is -0.256 e. The minimum atomic E-state index is -3.86. The average molecular weight is 295 g/mol. The standard InChI is InChI=1S/C11H10FN5O2S/c1-17-7-14-11(16-17)6-15-20(18,19)9-2-3-10(12)8(4-9)5-13/h2-4,7,15H,6H2,1H3. The molecule has 0 aliphatic rings. The zero-order chi connectivity index (χ0) is 14.8. The number of benzene rings is 1. The maximum Gasteiger partial charge on any atom is 0.241 e. The summed E-state index contributed by atoms with van der Waals surface area (Å²) in [4.78, 5) is 3.68. The van der Waals surface area contributed by atoms with Gasteiger partial charge in [0.15, 0.2) is 5.82 Å². The number of sulfonamides is 1. The molecule has 104 valence electrons. The Balaban J connectivity index is 2.20. The van der Waals surface area contributed by atoms with Crippen molar-refractivity contribution in [3.63, 3.8) is 0 Å². The molecule has 7 nitrogen and oxygen atoms in total. The Labute approximate surface area is 114 Å². The lowest BCUT2D eigenvalue weighted by atomic mass is 10.2. The molecule has 0 aliphatic heterocycles. The molecule has 0 radical (unpaired) electrons. The normalized spacial score (nSPS) is 11.2. The molecule has 0 saturated heterocycles. The molecule has 20 heavy (non-hydrogen) atoms. The Bertz CT molecular complexity index is 778. The van der Waals surface area contributed by atoms with Crippen LogP contribution in [0.2, 0.25) is 0 Å². The maximum atomic E-state index is 13.2. The third kappa shape index (κ3) is 2.98. The Kier molecular flexibility index (Phi) is 3.78. The van der Waals surface area contributed by atoms with E-state index in [1.54, 1.807) is 13.1 Å². The molecule has 1 heterocycles. The second-order valence-electron chi connectivity index (χ2n) is 3.91. The summed E-state index contributed by atoms with van der Waals surface area (Å²) in [7, 11) is -2.20. The predicted octanol–water partition coefficient (Wildman–Crippen LogP) is 0.304.